The van der Waals surface area contributed by atoms with Crippen molar-refractivity contribution in [1.82, 2.24) is 9.97 Å². The summed E-state index contributed by atoms with van der Waals surface area (Å²) in [6.07, 6.45) is 6.12. The smallest absolute Gasteiger partial charge is 0.224 e. The summed E-state index contributed by atoms with van der Waals surface area (Å²) in [6, 6.07) is 9.78. The summed E-state index contributed by atoms with van der Waals surface area (Å²) in [4.78, 5) is 19.9. The summed E-state index contributed by atoms with van der Waals surface area (Å²) in [7, 11) is 1.63. The Kier molecular flexibility index (Phi) is 5.07. The van der Waals surface area contributed by atoms with Crippen LogP contribution < -0.4 is 10.1 Å². The third kappa shape index (κ3) is 3.95. The van der Waals surface area contributed by atoms with Crippen LogP contribution in [0.25, 0.3) is 22.2 Å². The highest BCUT2D eigenvalue weighted by atomic mass is 16.5. The molecule has 1 saturated heterocycles. The Morgan fingerprint density at radius 2 is 2.15 bits per heavy atom. The van der Waals surface area contributed by atoms with Crippen molar-refractivity contribution in [3.05, 3.63) is 42.7 Å². The maximum absolute atomic E-state index is 12.3. The third-order valence-corrected chi connectivity index (χ3v) is 5.01. The fourth-order valence-electron chi connectivity index (χ4n) is 3.52. The number of fused-ring (bicyclic) bond motifs is 1. The molecule has 2 aromatic heterocycles. The van der Waals surface area contributed by atoms with E-state index in [1.165, 1.54) is 0 Å². The quantitative estimate of drug-likeness (QED) is 0.717. The van der Waals surface area contributed by atoms with E-state index in [9.17, 15) is 4.79 Å². The molecule has 4 rings (SSSR count). The average molecular weight is 365 g/mol. The van der Waals surface area contributed by atoms with Gasteiger partial charge in [0.15, 0.2) is 0 Å². The van der Waals surface area contributed by atoms with Crippen molar-refractivity contribution in [3.8, 4) is 16.9 Å². The first-order chi connectivity index (χ1) is 13.2. The van der Waals surface area contributed by atoms with Gasteiger partial charge in [-0.15, -0.1) is 0 Å². The summed E-state index contributed by atoms with van der Waals surface area (Å²) in [5.41, 5.74) is 3.51. The number of hydrogen-bond acceptors (Lipinski definition) is 4. The number of ether oxygens (including phenoxy) is 2. The van der Waals surface area contributed by atoms with Gasteiger partial charge in [0.1, 0.15) is 11.4 Å². The maximum Gasteiger partial charge on any atom is 0.224 e. The summed E-state index contributed by atoms with van der Waals surface area (Å²) < 4.78 is 10.9. The minimum Gasteiger partial charge on any atom is -0.496 e. The summed E-state index contributed by atoms with van der Waals surface area (Å²) >= 11 is 0. The zero-order chi connectivity index (χ0) is 18.6. The van der Waals surface area contributed by atoms with Gasteiger partial charge in [0.25, 0.3) is 0 Å². The average Bonchev–Trinajstić information content (AvgIpc) is 3.16. The van der Waals surface area contributed by atoms with E-state index >= 15 is 0 Å². The van der Waals surface area contributed by atoms with Gasteiger partial charge in [-0.2, -0.15) is 0 Å². The Morgan fingerprint density at radius 3 is 2.96 bits per heavy atom. The fourth-order valence-corrected chi connectivity index (χ4v) is 3.52. The molecule has 2 N–H and O–H groups in total. The van der Waals surface area contributed by atoms with Crippen LogP contribution in [0, 0.1) is 5.92 Å². The van der Waals surface area contributed by atoms with Crippen LogP contribution in [-0.2, 0) is 9.53 Å². The standard InChI is InChI=1S/C21H23N3O3/c1-26-19-12-17(24-20(25)10-14-5-8-27-9-6-14)2-3-18(19)16-11-15-4-7-22-21(15)23-13-16/h2-4,7,11-14H,5-6,8-10H2,1H3,(H,22,23)(H,24,25). The van der Waals surface area contributed by atoms with E-state index in [2.05, 4.69) is 21.4 Å². The Balaban J connectivity index is 1.51. The second kappa shape index (κ2) is 7.80. The lowest BCUT2D eigenvalue weighted by Gasteiger charge is -2.21. The predicted molar refractivity (Wildman–Crippen MR) is 105 cm³/mol. The van der Waals surface area contributed by atoms with Gasteiger partial charge >= 0.3 is 0 Å². The third-order valence-electron chi connectivity index (χ3n) is 5.01. The molecule has 0 spiro atoms. The van der Waals surface area contributed by atoms with Gasteiger partial charge in [0, 0.05) is 60.3 Å². The van der Waals surface area contributed by atoms with Gasteiger partial charge in [-0.3, -0.25) is 4.79 Å². The van der Waals surface area contributed by atoms with Crippen molar-refractivity contribution in [2.45, 2.75) is 19.3 Å². The Bertz CT molecular complexity index is 945. The number of aromatic nitrogens is 2. The molecule has 0 atom stereocenters. The molecular weight excluding hydrogens is 342 g/mol. The van der Waals surface area contributed by atoms with Gasteiger partial charge in [0.05, 0.1) is 7.11 Å². The monoisotopic (exact) mass is 365 g/mol. The van der Waals surface area contributed by atoms with E-state index in [1.807, 2.05) is 36.7 Å². The number of rotatable bonds is 5. The van der Waals surface area contributed by atoms with Crippen LogP contribution in [0.1, 0.15) is 19.3 Å². The molecule has 6 nitrogen and oxygen atoms in total. The summed E-state index contributed by atoms with van der Waals surface area (Å²) in [5.74, 6) is 1.14. The van der Waals surface area contributed by atoms with Crippen LogP contribution in [0.3, 0.4) is 0 Å². The molecule has 27 heavy (non-hydrogen) atoms. The number of carbonyl (C=O) groups is 1. The molecule has 1 aliphatic rings. The molecular formula is C21H23N3O3. The largest absolute Gasteiger partial charge is 0.496 e. The number of nitrogens with zero attached hydrogens (tertiary/aromatic N) is 1. The molecule has 1 aromatic carbocycles. The number of pyridine rings is 1. The molecule has 6 heteroatoms. The van der Waals surface area contributed by atoms with Crippen molar-refractivity contribution in [3.63, 3.8) is 0 Å². The minimum absolute atomic E-state index is 0.0344. The lowest BCUT2D eigenvalue weighted by atomic mass is 9.96. The van der Waals surface area contributed by atoms with E-state index in [-0.39, 0.29) is 5.91 Å². The Morgan fingerprint density at radius 1 is 1.30 bits per heavy atom. The molecule has 0 unspecified atom stereocenters. The van der Waals surface area contributed by atoms with Crippen molar-refractivity contribution in [1.29, 1.82) is 0 Å². The molecule has 3 aromatic rings. The second-order valence-electron chi connectivity index (χ2n) is 6.86. The van der Waals surface area contributed by atoms with E-state index in [0.29, 0.717) is 18.1 Å². The van der Waals surface area contributed by atoms with E-state index in [4.69, 9.17) is 9.47 Å². The molecule has 140 valence electrons. The number of carbonyl (C=O) groups excluding carboxylic acids is 1. The van der Waals surface area contributed by atoms with Gasteiger partial charge in [-0.05, 0) is 43.0 Å². The SMILES string of the molecule is COc1cc(NC(=O)CC2CCOCC2)ccc1-c1cnc2[nH]ccc2c1. The number of hydrogen-bond donors (Lipinski definition) is 2. The van der Waals surface area contributed by atoms with Crippen LogP contribution >= 0.6 is 0 Å². The lowest BCUT2D eigenvalue weighted by Crippen LogP contribution is -2.22. The molecule has 1 fully saturated rings. The number of nitrogens with one attached hydrogen (secondary N) is 2. The molecule has 0 bridgehead atoms. The van der Waals surface area contributed by atoms with Crippen molar-refractivity contribution in [2.75, 3.05) is 25.6 Å². The molecule has 1 aliphatic heterocycles. The fraction of sp³-hybridized carbons (Fsp3) is 0.333. The topological polar surface area (TPSA) is 76.2 Å². The van der Waals surface area contributed by atoms with Gasteiger partial charge in [-0.25, -0.2) is 4.98 Å². The Labute approximate surface area is 157 Å². The Hall–Kier alpha value is -2.86. The van der Waals surface area contributed by atoms with Crippen LogP contribution in [0.4, 0.5) is 5.69 Å². The normalized spacial score (nSPS) is 15.0. The number of methoxy groups -OCH3 is 1. The number of amides is 1. The number of aromatic amines is 1. The van der Waals surface area contributed by atoms with Crippen molar-refractivity contribution < 1.29 is 14.3 Å². The highest BCUT2D eigenvalue weighted by Crippen LogP contribution is 2.33. The maximum atomic E-state index is 12.3. The van der Waals surface area contributed by atoms with Gasteiger partial charge < -0.3 is 19.8 Å². The first-order valence-corrected chi connectivity index (χ1v) is 9.22. The van der Waals surface area contributed by atoms with Crippen LogP contribution in [0.15, 0.2) is 42.7 Å². The zero-order valence-corrected chi connectivity index (χ0v) is 15.3. The minimum atomic E-state index is 0.0344. The molecule has 0 aliphatic carbocycles. The second-order valence-corrected chi connectivity index (χ2v) is 6.86. The summed E-state index contributed by atoms with van der Waals surface area (Å²) in [5, 5.41) is 4.03. The predicted octanol–water partition coefficient (Wildman–Crippen LogP) is 3.99. The highest BCUT2D eigenvalue weighted by molar-refractivity contribution is 5.92. The highest BCUT2D eigenvalue weighted by Gasteiger charge is 2.18. The lowest BCUT2D eigenvalue weighted by molar-refractivity contribution is -0.117. The van der Waals surface area contributed by atoms with E-state index in [0.717, 1.165) is 53.9 Å². The molecule has 1 amide bonds. The van der Waals surface area contributed by atoms with Crippen LogP contribution in [-0.4, -0.2) is 36.2 Å². The van der Waals surface area contributed by atoms with E-state index in [1.54, 1.807) is 7.11 Å². The molecule has 0 radical (unpaired) electrons. The van der Waals surface area contributed by atoms with Crippen molar-refractivity contribution in [2.24, 2.45) is 5.92 Å². The van der Waals surface area contributed by atoms with Gasteiger partial charge in [-0.1, -0.05) is 0 Å². The molecule has 0 saturated carbocycles. The first-order valence-electron chi connectivity index (χ1n) is 9.22. The van der Waals surface area contributed by atoms with Crippen LogP contribution in [0.2, 0.25) is 0 Å². The first kappa shape index (κ1) is 17.5. The summed E-state index contributed by atoms with van der Waals surface area (Å²) in [6.45, 7) is 1.50. The van der Waals surface area contributed by atoms with E-state index < -0.39 is 0 Å². The zero-order valence-electron chi connectivity index (χ0n) is 15.3. The number of H-pyrrole nitrogens is 1. The number of anilines is 1. The van der Waals surface area contributed by atoms with Crippen molar-refractivity contribution >= 4 is 22.6 Å². The molecule has 3 heterocycles. The van der Waals surface area contributed by atoms with Crippen LogP contribution in [0.5, 0.6) is 5.75 Å². The number of benzene rings is 1. The van der Waals surface area contributed by atoms with Gasteiger partial charge in [0.2, 0.25) is 5.91 Å².